The molecule has 0 aliphatic carbocycles. The van der Waals surface area contributed by atoms with Crippen molar-refractivity contribution < 1.29 is 13.0 Å². The van der Waals surface area contributed by atoms with Gasteiger partial charge in [0.2, 0.25) is 0 Å². The smallest absolute Gasteiger partial charge is 0.140 e. The number of nitrogens with zero attached hydrogens (tertiary/aromatic N) is 1. The Balaban J connectivity index is 2.43. The highest BCUT2D eigenvalue weighted by molar-refractivity contribution is 9.10. The second-order valence-corrected chi connectivity index (χ2v) is 7.91. The first-order chi connectivity index (χ1) is 9.26. The van der Waals surface area contributed by atoms with Gasteiger partial charge in [-0.15, -0.1) is 0 Å². The maximum atomic E-state index is 13.5. The first-order valence-electron chi connectivity index (χ1n) is 5.68. The number of rotatable bonds is 2. The molecule has 0 N–H and O–H groups in total. The molecule has 0 bridgehead atoms. The van der Waals surface area contributed by atoms with E-state index in [1.165, 1.54) is 12.1 Å². The Bertz CT molecular complexity index is 734. The minimum absolute atomic E-state index is 0.176. The van der Waals surface area contributed by atoms with Gasteiger partial charge in [0.15, 0.2) is 0 Å². The second-order valence-electron chi connectivity index (χ2n) is 4.57. The lowest BCUT2D eigenvalue weighted by molar-refractivity contribution is 0.573. The largest absolute Gasteiger partial charge is 0.250 e. The molecule has 2 aromatic carbocycles. The summed E-state index contributed by atoms with van der Waals surface area (Å²) in [5.74, 6) is -1.31. The van der Waals surface area contributed by atoms with E-state index in [1.807, 2.05) is 0 Å². The molecule has 2 aromatic rings. The Morgan fingerprint density at radius 3 is 1.95 bits per heavy atom. The van der Waals surface area contributed by atoms with Gasteiger partial charge in [-0.3, -0.25) is 0 Å². The molecule has 106 valence electrons. The van der Waals surface area contributed by atoms with E-state index in [9.17, 15) is 13.0 Å². The van der Waals surface area contributed by atoms with Crippen LogP contribution >= 0.6 is 15.9 Å². The van der Waals surface area contributed by atoms with E-state index in [1.54, 1.807) is 36.8 Å². The molecule has 0 atom stereocenters. The number of hydrogen-bond acceptors (Lipinski definition) is 2. The van der Waals surface area contributed by atoms with E-state index in [2.05, 4.69) is 20.3 Å². The average Bonchev–Trinajstić information content (AvgIpc) is 2.34. The molecular weight excluding hydrogens is 348 g/mol. The lowest BCUT2D eigenvalue weighted by Gasteiger charge is -2.05. The molecule has 2 nitrogen and oxygen atoms in total. The van der Waals surface area contributed by atoms with Crippen molar-refractivity contribution in [2.45, 2.75) is 0 Å². The van der Waals surface area contributed by atoms with Crippen molar-refractivity contribution in [1.29, 1.82) is 0 Å². The molecule has 0 aliphatic rings. The van der Waals surface area contributed by atoms with Crippen LogP contribution in [0.4, 0.5) is 14.5 Å². The van der Waals surface area contributed by atoms with Crippen LogP contribution in [0.15, 0.2) is 45.2 Å². The molecule has 0 heterocycles. The highest BCUT2D eigenvalue weighted by Crippen LogP contribution is 2.28. The van der Waals surface area contributed by atoms with E-state index < -0.39 is 21.4 Å². The minimum atomic E-state index is -2.22. The molecule has 6 heteroatoms. The predicted molar refractivity (Wildman–Crippen MR) is 81.6 cm³/mol. The van der Waals surface area contributed by atoms with Gasteiger partial charge >= 0.3 is 0 Å². The molecule has 0 aromatic heterocycles. The predicted octanol–water partition coefficient (Wildman–Crippen LogP) is 4.75. The van der Waals surface area contributed by atoms with Gasteiger partial charge in [-0.05, 0) is 51.3 Å². The number of benzene rings is 2. The van der Waals surface area contributed by atoms with Crippen molar-refractivity contribution in [3.05, 3.63) is 52.5 Å². The summed E-state index contributed by atoms with van der Waals surface area (Å²) in [7, 11) is -2.22. The molecule has 0 unspecified atom stereocenters. The maximum absolute atomic E-state index is 13.5. The van der Waals surface area contributed by atoms with E-state index in [-0.39, 0.29) is 4.47 Å². The standard InChI is InChI=1S/C14H12BrF2NOS/c1-20(2,19)18-11-5-3-9(4-6-11)10-7-12(16)14(15)13(17)8-10/h3-8H,1-2H3. The molecule has 0 radical (unpaired) electrons. The maximum Gasteiger partial charge on any atom is 0.140 e. The molecular formula is C14H12BrF2NOS. The number of hydrogen-bond donors (Lipinski definition) is 0. The van der Waals surface area contributed by atoms with Crippen LogP contribution in [0.1, 0.15) is 0 Å². The fourth-order valence-corrected chi connectivity index (χ4v) is 2.55. The van der Waals surface area contributed by atoms with Gasteiger partial charge in [0, 0.05) is 22.2 Å². The highest BCUT2D eigenvalue weighted by Gasteiger charge is 2.09. The van der Waals surface area contributed by atoms with Crippen LogP contribution < -0.4 is 0 Å². The summed E-state index contributed by atoms with van der Waals surface area (Å²) in [6.45, 7) is 0. The Labute approximate surface area is 125 Å². The van der Waals surface area contributed by atoms with Gasteiger partial charge in [0.05, 0.1) is 10.2 Å². The first kappa shape index (κ1) is 15.1. The molecule has 0 fully saturated rings. The summed E-state index contributed by atoms with van der Waals surface area (Å²) in [5.41, 5.74) is 1.67. The van der Waals surface area contributed by atoms with Gasteiger partial charge in [-0.2, -0.15) is 4.36 Å². The number of halogens is 3. The van der Waals surface area contributed by atoms with E-state index in [0.29, 0.717) is 16.8 Å². The van der Waals surface area contributed by atoms with Crippen molar-refractivity contribution in [1.82, 2.24) is 0 Å². The van der Waals surface area contributed by atoms with E-state index in [0.717, 1.165) is 0 Å². The zero-order valence-electron chi connectivity index (χ0n) is 10.9. The average molecular weight is 360 g/mol. The van der Waals surface area contributed by atoms with Gasteiger partial charge < -0.3 is 0 Å². The first-order valence-corrected chi connectivity index (χ1v) is 8.81. The zero-order chi connectivity index (χ0) is 14.9. The quantitative estimate of drug-likeness (QED) is 0.711. The minimum Gasteiger partial charge on any atom is -0.250 e. The van der Waals surface area contributed by atoms with Crippen LogP contribution in [-0.2, 0) is 9.73 Å². The van der Waals surface area contributed by atoms with Crippen LogP contribution in [0.5, 0.6) is 0 Å². The molecule has 0 aliphatic heterocycles. The normalized spacial score (nSPS) is 11.4. The molecule has 2 rings (SSSR count). The Kier molecular flexibility index (Phi) is 4.25. The highest BCUT2D eigenvalue weighted by atomic mass is 79.9. The fraction of sp³-hybridized carbons (Fsp3) is 0.143. The zero-order valence-corrected chi connectivity index (χ0v) is 13.3. The third kappa shape index (κ3) is 3.64. The van der Waals surface area contributed by atoms with Gasteiger partial charge in [0.25, 0.3) is 0 Å². The molecule has 0 spiro atoms. The molecule has 0 amide bonds. The van der Waals surface area contributed by atoms with Crippen molar-refractivity contribution >= 4 is 31.3 Å². The lowest BCUT2D eigenvalue weighted by atomic mass is 10.1. The van der Waals surface area contributed by atoms with Gasteiger partial charge in [-0.25, -0.2) is 13.0 Å². The van der Waals surface area contributed by atoms with Crippen molar-refractivity contribution in [3.8, 4) is 11.1 Å². The van der Waals surface area contributed by atoms with E-state index in [4.69, 9.17) is 0 Å². The molecule has 20 heavy (non-hydrogen) atoms. The van der Waals surface area contributed by atoms with Crippen LogP contribution in [0.25, 0.3) is 11.1 Å². The Morgan fingerprint density at radius 1 is 1.00 bits per heavy atom. The van der Waals surface area contributed by atoms with E-state index >= 15 is 0 Å². The summed E-state index contributed by atoms with van der Waals surface area (Å²) in [4.78, 5) is 0. The third-order valence-corrected chi connectivity index (χ3v) is 3.92. The van der Waals surface area contributed by atoms with Crippen molar-refractivity contribution in [2.24, 2.45) is 4.36 Å². The topological polar surface area (TPSA) is 29.4 Å². The van der Waals surface area contributed by atoms with Crippen LogP contribution in [-0.4, -0.2) is 16.7 Å². The molecule has 0 saturated heterocycles. The molecule has 0 saturated carbocycles. The van der Waals surface area contributed by atoms with Crippen LogP contribution in [0.2, 0.25) is 0 Å². The lowest BCUT2D eigenvalue weighted by Crippen LogP contribution is -1.89. The van der Waals surface area contributed by atoms with Crippen molar-refractivity contribution in [3.63, 3.8) is 0 Å². The van der Waals surface area contributed by atoms with Gasteiger partial charge in [-0.1, -0.05) is 12.1 Å². The Hall–Kier alpha value is -1.27. The van der Waals surface area contributed by atoms with Gasteiger partial charge in [0.1, 0.15) is 11.6 Å². The summed E-state index contributed by atoms with van der Waals surface area (Å²) in [6.07, 6.45) is 3.08. The summed E-state index contributed by atoms with van der Waals surface area (Å²) >= 11 is 2.83. The van der Waals surface area contributed by atoms with Crippen LogP contribution in [0, 0.1) is 11.6 Å². The SMILES string of the molecule is CS(C)(=O)=Nc1ccc(-c2cc(F)c(Br)c(F)c2)cc1. The monoisotopic (exact) mass is 359 g/mol. The van der Waals surface area contributed by atoms with Crippen LogP contribution in [0.3, 0.4) is 0 Å². The summed E-state index contributed by atoms with van der Waals surface area (Å²) < 4.78 is 42.4. The second kappa shape index (κ2) is 5.61. The Morgan fingerprint density at radius 2 is 1.50 bits per heavy atom. The summed E-state index contributed by atoms with van der Waals surface area (Å²) in [5, 5.41) is 0. The van der Waals surface area contributed by atoms with Crippen molar-refractivity contribution in [2.75, 3.05) is 12.5 Å². The fourth-order valence-electron chi connectivity index (χ4n) is 1.69. The summed E-state index contributed by atoms with van der Waals surface area (Å²) in [6, 6.07) is 9.21. The third-order valence-electron chi connectivity index (χ3n) is 2.51.